The standard InChI is InChI=1S/C18H15N/c1-14-6-8-15(9-7-14)10-11-16-12-13-19-18-5-3-2-4-17(16)18/h2-13H,1H3. The average Bonchev–Trinajstić information content (AvgIpc) is 2.47. The molecule has 0 spiro atoms. The number of hydrogen-bond donors (Lipinski definition) is 0. The van der Waals surface area contributed by atoms with Crippen LogP contribution >= 0.6 is 0 Å². The zero-order valence-electron chi connectivity index (χ0n) is 10.9. The largest absolute Gasteiger partial charge is 0.256 e. The average molecular weight is 245 g/mol. The van der Waals surface area contributed by atoms with Gasteiger partial charge < -0.3 is 0 Å². The molecule has 1 aromatic heterocycles. The Labute approximate surface area is 113 Å². The molecule has 0 N–H and O–H groups in total. The Kier molecular flexibility index (Phi) is 3.11. The summed E-state index contributed by atoms with van der Waals surface area (Å²) in [7, 11) is 0. The van der Waals surface area contributed by atoms with Gasteiger partial charge in [0.25, 0.3) is 0 Å². The summed E-state index contributed by atoms with van der Waals surface area (Å²) in [5.74, 6) is 0. The Hall–Kier alpha value is -2.41. The Morgan fingerprint density at radius 2 is 1.63 bits per heavy atom. The molecular formula is C18H15N. The van der Waals surface area contributed by atoms with Crippen LogP contribution in [0.1, 0.15) is 16.7 Å². The molecule has 0 saturated carbocycles. The van der Waals surface area contributed by atoms with Crippen molar-refractivity contribution >= 4 is 23.1 Å². The lowest BCUT2D eigenvalue weighted by atomic mass is 10.1. The van der Waals surface area contributed by atoms with Gasteiger partial charge in [-0.2, -0.15) is 0 Å². The zero-order valence-corrected chi connectivity index (χ0v) is 10.9. The Balaban J connectivity index is 1.99. The maximum Gasteiger partial charge on any atom is 0.0707 e. The van der Waals surface area contributed by atoms with E-state index in [0.717, 1.165) is 5.52 Å². The number of aryl methyl sites for hydroxylation is 1. The summed E-state index contributed by atoms with van der Waals surface area (Å²) in [5.41, 5.74) is 4.73. The minimum atomic E-state index is 1.04. The van der Waals surface area contributed by atoms with E-state index >= 15 is 0 Å². The molecule has 0 amide bonds. The van der Waals surface area contributed by atoms with E-state index in [0.29, 0.717) is 0 Å². The van der Waals surface area contributed by atoms with Gasteiger partial charge in [0.05, 0.1) is 5.52 Å². The topological polar surface area (TPSA) is 12.9 Å². The van der Waals surface area contributed by atoms with Crippen molar-refractivity contribution in [3.63, 3.8) is 0 Å². The van der Waals surface area contributed by atoms with Crippen molar-refractivity contribution in [1.29, 1.82) is 0 Å². The van der Waals surface area contributed by atoms with Crippen LogP contribution in [-0.4, -0.2) is 4.98 Å². The number of hydrogen-bond acceptors (Lipinski definition) is 1. The number of rotatable bonds is 2. The first-order valence-corrected chi connectivity index (χ1v) is 6.41. The van der Waals surface area contributed by atoms with Crippen molar-refractivity contribution in [2.45, 2.75) is 6.92 Å². The van der Waals surface area contributed by atoms with Crippen LogP contribution in [-0.2, 0) is 0 Å². The number of fused-ring (bicyclic) bond motifs is 1. The van der Waals surface area contributed by atoms with E-state index in [1.807, 2.05) is 30.5 Å². The van der Waals surface area contributed by atoms with E-state index in [1.54, 1.807) is 0 Å². The van der Waals surface area contributed by atoms with Gasteiger partial charge in [-0.15, -0.1) is 0 Å². The fourth-order valence-corrected chi connectivity index (χ4v) is 2.13. The lowest BCUT2D eigenvalue weighted by molar-refractivity contribution is 1.41. The summed E-state index contributed by atoms with van der Waals surface area (Å²) in [6, 6.07) is 18.8. The van der Waals surface area contributed by atoms with Crippen molar-refractivity contribution < 1.29 is 0 Å². The molecule has 2 aromatic carbocycles. The molecular weight excluding hydrogens is 230 g/mol. The first-order chi connectivity index (χ1) is 9.33. The maximum absolute atomic E-state index is 4.37. The summed E-state index contributed by atoms with van der Waals surface area (Å²) in [5, 5.41) is 1.19. The third kappa shape index (κ3) is 2.55. The molecule has 0 saturated heterocycles. The first kappa shape index (κ1) is 11.7. The fraction of sp³-hybridized carbons (Fsp3) is 0.0556. The molecule has 1 nitrogen and oxygen atoms in total. The highest BCUT2D eigenvalue weighted by molar-refractivity contribution is 5.90. The lowest BCUT2D eigenvalue weighted by Crippen LogP contribution is -1.81. The molecule has 92 valence electrons. The second-order valence-corrected chi connectivity index (χ2v) is 4.66. The summed E-state index contributed by atoms with van der Waals surface area (Å²) < 4.78 is 0. The molecule has 0 aliphatic heterocycles. The van der Waals surface area contributed by atoms with Crippen LogP contribution in [0, 0.1) is 6.92 Å². The Morgan fingerprint density at radius 3 is 2.47 bits per heavy atom. The molecule has 0 radical (unpaired) electrons. The molecule has 0 fully saturated rings. The maximum atomic E-state index is 4.37. The van der Waals surface area contributed by atoms with Crippen LogP contribution in [0.2, 0.25) is 0 Å². The molecule has 0 aliphatic rings. The Bertz CT molecular complexity index is 719. The van der Waals surface area contributed by atoms with Crippen LogP contribution in [0.3, 0.4) is 0 Å². The second kappa shape index (κ2) is 5.07. The quantitative estimate of drug-likeness (QED) is 0.637. The molecule has 0 aliphatic carbocycles. The van der Waals surface area contributed by atoms with Gasteiger partial charge >= 0.3 is 0 Å². The molecule has 3 rings (SSSR count). The van der Waals surface area contributed by atoms with E-state index in [1.165, 1.54) is 22.1 Å². The summed E-state index contributed by atoms with van der Waals surface area (Å²) in [6.07, 6.45) is 6.15. The molecule has 1 heterocycles. The highest BCUT2D eigenvalue weighted by Gasteiger charge is 1.97. The molecule has 0 bridgehead atoms. The lowest BCUT2D eigenvalue weighted by Gasteiger charge is -2.01. The number of benzene rings is 2. The van der Waals surface area contributed by atoms with E-state index in [-0.39, 0.29) is 0 Å². The monoisotopic (exact) mass is 245 g/mol. The summed E-state index contributed by atoms with van der Waals surface area (Å²) in [4.78, 5) is 4.37. The fourth-order valence-electron chi connectivity index (χ4n) is 2.13. The number of nitrogens with zero attached hydrogens (tertiary/aromatic N) is 1. The van der Waals surface area contributed by atoms with Gasteiger partial charge in [0.2, 0.25) is 0 Å². The van der Waals surface area contributed by atoms with E-state index in [4.69, 9.17) is 0 Å². The third-order valence-corrected chi connectivity index (χ3v) is 3.22. The van der Waals surface area contributed by atoms with Crippen molar-refractivity contribution in [1.82, 2.24) is 4.98 Å². The third-order valence-electron chi connectivity index (χ3n) is 3.22. The van der Waals surface area contributed by atoms with Gasteiger partial charge in [0, 0.05) is 11.6 Å². The molecule has 0 atom stereocenters. The van der Waals surface area contributed by atoms with Crippen LogP contribution in [0.15, 0.2) is 60.8 Å². The smallest absolute Gasteiger partial charge is 0.0707 e. The van der Waals surface area contributed by atoms with Crippen LogP contribution in [0.25, 0.3) is 23.1 Å². The van der Waals surface area contributed by atoms with Gasteiger partial charge in [-0.3, -0.25) is 4.98 Å². The number of para-hydroxylation sites is 1. The molecule has 0 unspecified atom stereocenters. The van der Waals surface area contributed by atoms with Crippen molar-refractivity contribution in [2.24, 2.45) is 0 Å². The van der Waals surface area contributed by atoms with Gasteiger partial charge in [-0.1, -0.05) is 60.2 Å². The SMILES string of the molecule is Cc1ccc(C=Cc2ccnc3ccccc23)cc1. The minimum Gasteiger partial charge on any atom is -0.256 e. The Morgan fingerprint density at radius 1 is 0.842 bits per heavy atom. The molecule has 3 aromatic rings. The van der Waals surface area contributed by atoms with E-state index in [2.05, 4.69) is 54.4 Å². The van der Waals surface area contributed by atoms with Crippen LogP contribution < -0.4 is 0 Å². The molecule has 19 heavy (non-hydrogen) atoms. The van der Waals surface area contributed by atoms with Gasteiger partial charge in [-0.05, 0) is 30.2 Å². The van der Waals surface area contributed by atoms with Crippen molar-refractivity contribution in [3.05, 3.63) is 77.5 Å². The second-order valence-electron chi connectivity index (χ2n) is 4.66. The minimum absolute atomic E-state index is 1.04. The summed E-state index contributed by atoms with van der Waals surface area (Å²) in [6.45, 7) is 2.10. The van der Waals surface area contributed by atoms with Gasteiger partial charge in [0.15, 0.2) is 0 Å². The first-order valence-electron chi connectivity index (χ1n) is 6.41. The van der Waals surface area contributed by atoms with Crippen LogP contribution in [0.5, 0.6) is 0 Å². The van der Waals surface area contributed by atoms with Crippen molar-refractivity contribution in [2.75, 3.05) is 0 Å². The normalized spacial score (nSPS) is 11.2. The molecule has 1 heteroatoms. The predicted octanol–water partition coefficient (Wildman–Crippen LogP) is 4.71. The van der Waals surface area contributed by atoms with Gasteiger partial charge in [-0.25, -0.2) is 0 Å². The van der Waals surface area contributed by atoms with Crippen molar-refractivity contribution in [3.8, 4) is 0 Å². The number of aromatic nitrogens is 1. The van der Waals surface area contributed by atoms with Crippen LogP contribution in [0.4, 0.5) is 0 Å². The van der Waals surface area contributed by atoms with E-state index in [9.17, 15) is 0 Å². The highest BCUT2D eigenvalue weighted by Crippen LogP contribution is 2.18. The zero-order chi connectivity index (χ0) is 13.1. The number of pyridine rings is 1. The predicted molar refractivity (Wildman–Crippen MR) is 81.9 cm³/mol. The highest BCUT2D eigenvalue weighted by atomic mass is 14.6. The van der Waals surface area contributed by atoms with Gasteiger partial charge in [0.1, 0.15) is 0 Å². The summed E-state index contributed by atoms with van der Waals surface area (Å²) >= 11 is 0. The van der Waals surface area contributed by atoms with E-state index < -0.39 is 0 Å².